The standard InChI is InChI=1S/C11H20N4O2/c1-11(2,5-7-16)8-12-10(17)13-9-4-6-15(3)14-9/h4,6,16H,5,7-8H2,1-3H3,(H2,12,13,14,17). The van der Waals surface area contributed by atoms with Crippen LogP contribution in [0.4, 0.5) is 10.6 Å². The van der Waals surface area contributed by atoms with E-state index in [0.717, 1.165) is 0 Å². The lowest BCUT2D eigenvalue weighted by Crippen LogP contribution is -2.37. The number of anilines is 1. The number of aliphatic hydroxyl groups is 1. The molecule has 0 saturated carbocycles. The molecule has 17 heavy (non-hydrogen) atoms. The Balaban J connectivity index is 2.35. The molecule has 0 radical (unpaired) electrons. The number of aromatic nitrogens is 2. The van der Waals surface area contributed by atoms with Gasteiger partial charge in [0.25, 0.3) is 0 Å². The Morgan fingerprint density at radius 3 is 2.82 bits per heavy atom. The number of hydrogen-bond acceptors (Lipinski definition) is 3. The van der Waals surface area contributed by atoms with Crippen molar-refractivity contribution >= 4 is 11.8 Å². The van der Waals surface area contributed by atoms with Crippen LogP contribution in [-0.4, -0.2) is 34.1 Å². The van der Waals surface area contributed by atoms with Crippen molar-refractivity contribution in [2.24, 2.45) is 12.5 Å². The Morgan fingerprint density at radius 2 is 2.29 bits per heavy atom. The summed E-state index contributed by atoms with van der Waals surface area (Å²) in [5.74, 6) is 0.518. The maximum atomic E-state index is 11.5. The second-order valence-electron chi connectivity index (χ2n) is 4.82. The zero-order chi connectivity index (χ0) is 12.9. The predicted octanol–water partition coefficient (Wildman–Crippen LogP) is 0.950. The first-order valence-corrected chi connectivity index (χ1v) is 5.58. The largest absolute Gasteiger partial charge is 0.396 e. The summed E-state index contributed by atoms with van der Waals surface area (Å²) < 4.78 is 1.62. The minimum Gasteiger partial charge on any atom is -0.396 e. The number of nitrogens with zero attached hydrogens (tertiary/aromatic N) is 2. The van der Waals surface area contributed by atoms with Gasteiger partial charge in [-0.3, -0.25) is 10.00 Å². The topological polar surface area (TPSA) is 79.2 Å². The van der Waals surface area contributed by atoms with E-state index in [1.807, 2.05) is 13.8 Å². The predicted molar refractivity (Wildman–Crippen MR) is 65.7 cm³/mol. The van der Waals surface area contributed by atoms with Crippen molar-refractivity contribution in [2.45, 2.75) is 20.3 Å². The Bertz CT molecular complexity index is 373. The van der Waals surface area contributed by atoms with E-state index in [1.54, 1.807) is 24.0 Å². The van der Waals surface area contributed by atoms with Crippen LogP contribution in [0.3, 0.4) is 0 Å². The minimum absolute atomic E-state index is 0.115. The molecule has 0 unspecified atom stereocenters. The van der Waals surface area contributed by atoms with Gasteiger partial charge in [-0.1, -0.05) is 13.8 Å². The van der Waals surface area contributed by atoms with Crippen LogP contribution >= 0.6 is 0 Å². The first-order valence-electron chi connectivity index (χ1n) is 5.58. The molecule has 6 heteroatoms. The molecule has 0 aliphatic heterocycles. The normalized spacial score (nSPS) is 11.3. The fourth-order valence-corrected chi connectivity index (χ4v) is 1.35. The van der Waals surface area contributed by atoms with E-state index in [-0.39, 0.29) is 18.1 Å². The van der Waals surface area contributed by atoms with Crippen molar-refractivity contribution < 1.29 is 9.90 Å². The second-order valence-corrected chi connectivity index (χ2v) is 4.82. The molecule has 1 aromatic rings. The fraction of sp³-hybridized carbons (Fsp3) is 0.636. The van der Waals surface area contributed by atoms with Gasteiger partial charge in [0.1, 0.15) is 0 Å². The molecular weight excluding hydrogens is 220 g/mol. The molecule has 1 heterocycles. The molecule has 0 bridgehead atoms. The molecule has 1 aromatic heterocycles. The molecule has 0 aliphatic rings. The van der Waals surface area contributed by atoms with Crippen molar-refractivity contribution in [1.29, 1.82) is 0 Å². The number of rotatable bonds is 5. The number of amides is 2. The summed E-state index contributed by atoms with van der Waals surface area (Å²) in [5.41, 5.74) is -0.115. The van der Waals surface area contributed by atoms with Crippen LogP contribution in [0, 0.1) is 5.41 Å². The highest BCUT2D eigenvalue weighted by molar-refractivity contribution is 5.88. The number of hydrogen-bond donors (Lipinski definition) is 3. The van der Waals surface area contributed by atoms with E-state index >= 15 is 0 Å². The molecule has 3 N–H and O–H groups in total. The van der Waals surface area contributed by atoms with Gasteiger partial charge in [0, 0.05) is 32.5 Å². The average Bonchev–Trinajstić information content (AvgIpc) is 2.61. The molecule has 0 spiro atoms. The van der Waals surface area contributed by atoms with Crippen LogP contribution in [0.1, 0.15) is 20.3 Å². The van der Waals surface area contributed by atoms with Crippen molar-refractivity contribution in [3.63, 3.8) is 0 Å². The lowest BCUT2D eigenvalue weighted by molar-refractivity contribution is 0.204. The number of aliphatic hydroxyl groups excluding tert-OH is 1. The summed E-state index contributed by atoms with van der Waals surface area (Å²) in [6.07, 6.45) is 2.40. The first-order chi connectivity index (χ1) is 7.93. The Labute approximate surface area is 101 Å². The van der Waals surface area contributed by atoms with Crippen molar-refractivity contribution in [1.82, 2.24) is 15.1 Å². The van der Waals surface area contributed by atoms with Crippen LogP contribution in [0.25, 0.3) is 0 Å². The zero-order valence-electron chi connectivity index (χ0n) is 10.5. The molecule has 2 amide bonds. The summed E-state index contributed by atoms with van der Waals surface area (Å²) in [7, 11) is 1.79. The van der Waals surface area contributed by atoms with E-state index in [4.69, 9.17) is 5.11 Å². The van der Waals surface area contributed by atoms with Crippen LogP contribution in [0.2, 0.25) is 0 Å². The molecule has 0 atom stereocenters. The quantitative estimate of drug-likeness (QED) is 0.717. The summed E-state index contributed by atoms with van der Waals surface area (Å²) in [4.78, 5) is 11.5. The third kappa shape index (κ3) is 4.86. The number of carbonyl (C=O) groups excluding carboxylic acids is 1. The van der Waals surface area contributed by atoms with Crippen LogP contribution in [0.5, 0.6) is 0 Å². The average molecular weight is 240 g/mol. The lowest BCUT2D eigenvalue weighted by atomic mass is 9.90. The van der Waals surface area contributed by atoms with Gasteiger partial charge < -0.3 is 10.4 Å². The van der Waals surface area contributed by atoms with E-state index in [1.165, 1.54) is 0 Å². The molecule has 1 rings (SSSR count). The van der Waals surface area contributed by atoms with Crippen molar-refractivity contribution in [2.75, 3.05) is 18.5 Å². The van der Waals surface area contributed by atoms with E-state index in [2.05, 4.69) is 15.7 Å². The molecule has 0 saturated heterocycles. The molecule has 96 valence electrons. The summed E-state index contributed by atoms with van der Waals surface area (Å²) in [6.45, 7) is 4.61. The van der Waals surface area contributed by atoms with Crippen molar-refractivity contribution in [3.05, 3.63) is 12.3 Å². The molecule has 0 aliphatic carbocycles. The number of carbonyl (C=O) groups is 1. The second kappa shape index (κ2) is 5.67. The summed E-state index contributed by atoms with van der Waals surface area (Å²) in [5, 5.41) is 18.3. The van der Waals surface area contributed by atoms with Gasteiger partial charge in [0.2, 0.25) is 0 Å². The third-order valence-corrected chi connectivity index (χ3v) is 2.47. The van der Waals surface area contributed by atoms with Gasteiger partial charge >= 0.3 is 6.03 Å². The fourth-order valence-electron chi connectivity index (χ4n) is 1.35. The highest BCUT2D eigenvalue weighted by atomic mass is 16.3. The highest BCUT2D eigenvalue weighted by Gasteiger charge is 2.18. The summed E-state index contributed by atoms with van der Waals surface area (Å²) in [6, 6.07) is 1.44. The van der Waals surface area contributed by atoms with Gasteiger partial charge in [-0.15, -0.1) is 0 Å². The molecular formula is C11H20N4O2. The van der Waals surface area contributed by atoms with Crippen molar-refractivity contribution in [3.8, 4) is 0 Å². The third-order valence-electron chi connectivity index (χ3n) is 2.47. The monoisotopic (exact) mass is 240 g/mol. The Morgan fingerprint density at radius 1 is 1.59 bits per heavy atom. The van der Waals surface area contributed by atoms with Crippen LogP contribution < -0.4 is 10.6 Å². The number of urea groups is 1. The Kier molecular flexibility index (Phi) is 4.51. The molecule has 0 fully saturated rings. The van der Waals surface area contributed by atoms with E-state index in [0.29, 0.717) is 18.8 Å². The Hall–Kier alpha value is -1.56. The SMILES string of the molecule is Cn1ccc(NC(=O)NCC(C)(C)CCO)n1. The van der Waals surface area contributed by atoms with E-state index < -0.39 is 0 Å². The van der Waals surface area contributed by atoms with Crippen LogP contribution in [-0.2, 0) is 7.05 Å². The van der Waals surface area contributed by atoms with Gasteiger partial charge in [-0.2, -0.15) is 5.10 Å². The van der Waals surface area contributed by atoms with Gasteiger partial charge in [-0.25, -0.2) is 4.79 Å². The minimum atomic E-state index is -0.283. The van der Waals surface area contributed by atoms with Gasteiger partial charge in [0.05, 0.1) is 0 Å². The lowest BCUT2D eigenvalue weighted by Gasteiger charge is -2.23. The van der Waals surface area contributed by atoms with Crippen LogP contribution in [0.15, 0.2) is 12.3 Å². The maximum Gasteiger partial charge on any atom is 0.320 e. The van der Waals surface area contributed by atoms with Gasteiger partial charge in [0.15, 0.2) is 5.82 Å². The molecule has 0 aromatic carbocycles. The smallest absolute Gasteiger partial charge is 0.320 e. The highest BCUT2D eigenvalue weighted by Crippen LogP contribution is 2.17. The van der Waals surface area contributed by atoms with E-state index in [9.17, 15) is 4.79 Å². The first kappa shape index (κ1) is 13.5. The number of aryl methyl sites for hydroxylation is 1. The molecule has 6 nitrogen and oxygen atoms in total. The summed E-state index contributed by atoms with van der Waals surface area (Å²) >= 11 is 0. The zero-order valence-corrected chi connectivity index (χ0v) is 10.5. The van der Waals surface area contributed by atoms with Gasteiger partial charge in [-0.05, 0) is 11.8 Å². The maximum absolute atomic E-state index is 11.5. The number of nitrogens with one attached hydrogen (secondary N) is 2.